The first kappa shape index (κ1) is 19.3. The molecule has 0 spiro atoms. The molecule has 26 heavy (non-hydrogen) atoms. The highest BCUT2D eigenvalue weighted by atomic mass is 16.5. The van der Waals surface area contributed by atoms with Crippen molar-refractivity contribution in [3.8, 4) is 11.8 Å². The Bertz CT molecular complexity index is 744. The Balaban J connectivity index is 1.98. The average molecular weight is 357 g/mol. The molecule has 0 bridgehead atoms. The van der Waals surface area contributed by atoms with Crippen molar-refractivity contribution in [2.45, 2.75) is 26.7 Å². The lowest BCUT2D eigenvalue weighted by Crippen LogP contribution is -2.41. The summed E-state index contributed by atoms with van der Waals surface area (Å²) in [5, 5.41) is 21.7. The number of hydrogen-bond donors (Lipinski definition) is 2. The number of nitrogens with one attached hydrogen (secondary N) is 1. The van der Waals surface area contributed by atoms with Crippen LogP contribution in [-0.2, 0) is 14.3 Å². The maximum atomic E-state index is 12.5. The number of ether oxygens (including phenoxy) is 1. The Labute approximate surface area is 152 Å². The highest BCUT2D eigenvalue weighted by molar-refractivity contribution is 5.97. The van der Waals surface area contributed by atoms with Gasteiger partial charge in [-0.3, -0.25) is 9.59 Å². The van der Waals surface area contributed by atoms with Gasteiger partial charge in [-0.25, -0.2) is 0 Å². The summed E-state index contributed by atoms with van der Waals surface area (Å²) in [6, 6.07) is 6.71. The van der Waals surface area contributed by atoms with Crippen molar-refractivity contribution >= 4 is 17.6 Å². The van der Waals surface area contributed by atoms with Crippen LogP contribution in [0.3, 0.4) is 0 Å². The molecular weight excluding hydrogens is 334 g/mol. The van der Waals surface area contributed by atoms with Crippen LogP contribution in [-0.4, -0.2) is 41.6 Å². The lowest BCUT2D eigenvalue weighted by Gasteiger charge is -2.30. The van der Waals surface area contributed by atoms with Crippen LogP contribution in [0.15, 0.2) is 30.0 Å². The Kier molecular flexibility index (Phi) is 6.61. The zero-order chi connectivity index (χ0) is 19.1. The summed E-state index contributed by atoms with van der Waals surface area (Å²) in [4.78, 5) is 25.9. The number of anilines is 1. The molecule has 0 radical (unpaired) electrons. The van der Waals surface area contributed by atoms with Crippen molar-refractivity contribution in [1.29, 1.82) is 5.26 Å². The standard InChI is InChI=1S/C19H23N3O4/c1-3-26-19(25)14-6-8-22(9-7-14)18(24)15(11-20)12-21-17-5-4-16(23)10-13(17)2/h4-5,10,12,14,21,23H,3,6-9H2,1-2H3/b15-12-. The van der Waals surface area contributed by atoms with E-state index in [1.807, 2.05) is 13.0 Å². The van der Waals surface area contributed by atoms with E-state index in [0.29, 0.717) is 38.2 Å². The van der Waals surface area contributed by atoms with Gasteiger partial charge < -0.3 is 20.1 Å². The van der Waals surface area contributed by atoms with E-state index in [4.69, 9.17) is 4.74 Å². The Morgan fingerprint density at radius 1 is 1.42 bits per heavy atom. The molecule has 0 atom stereocenters. The molecule has 0 unspecified atom stereocenters. The maximum absolute atomic E-state index is 12.5. The van der Waals surface area contributed by atoms with Gasteiger partial charge in [0, 0.05) is 25.0 Å². The second-order valence-corrected chi connectivity index (χ2v) is 6.13. The third kappa shape index (κ3) is 4.76. The van der Waals surface area contributed by atoms with Gasteiger partial charge in [-0.15, -0.1) is 0 Å². The van der Waals surface area contributed by atoms with E-state index in [0.717, 1.165) is 5.56 Å². The fraction of sp³-hybridized carbons (Fsp3) is 0.421. The van der Waals surface area contributed by atoms with Crippen molar-refractivity contribution in [3.05, 3.63) is 35.5 Å². The molecular formula is C19H23N3O4. The van der Waals surface area contributed by atoms with Crippen LogP contribution >= 0.6 is 0 Å². The number of nitriles is 1. The van der Waals surface area contributed by atoms with Crippen LogP contribution in [0.5, 0.6) is 5.75 Å². The normalized spacial score (nSPS) is 15.3. The van der Waals surface area contributed by atoms with Gasteiger partial charge in [-0.05, 0) is 50.5 Å². The lowest BCUT2D eigenvalue weighted by atomic mass is 9.96. The van der Waals surface area contributed by atoms with E-state index in [1.165, 1.54) is 12.3 Å². The highest BCUT2D eigenvalue weighted by Crippen LogP contribution is 2.22. The molecule has 1 aromatic rings. The summed E-state index contributed by atoms with van der Waals surface area (Å²) in [5.74, 6) is -0.622. The molecule has 7 nitrogen and oxygen atoms in total. The molecule has 1 heterocycles. The summed E-state index contributed by atoms with van der Waals surface area (Å²) >= 11 is 0. The maximum Gasteiger partial charge on any atom is 0.309 e. The summed E-state index contributed by atoms with van der Waals surface area (Å²) in [5.41, 5.74) is 1.48. The number of esters is 1. The minimum atomic E-state index is -0.362. The first-order valence-corrected chi connectivity index (χ1v) is 8.58. The molecule has 138 valence electrons. The van der Waals surface area contributed by atoms with Gasteiger partial charge in [0.05, 0.1) is 12.5 Å². The first-order chi connectivity index (χ1) is 12.5. The van der Waals surface area contributed by atoms with Gasteiger partial charge in [-0.1, -0.05) is 0 Å². The average Bonchev–Trinajstić information content (AvgIpc) is 2.64. The number of rotatable bonds is 5. The number of phenolic OH excluding ortho intramolecular Hbond substituents is 1. The minimum absolute atomic E-state index is 0.00735. The number of aryl methyl sites for hydroxylation is 1. The van der Waals surface area contributed by atoms with Gasteiger partial charge in [0.25, 0.3) is 5.91 Å². The van der Waals surface area contributed by atoms with Crippen LogP contribution in [0.2, 0.25) is 0 Å². The predicted octanol–water partition coefficient (Wildman–Crippen LogP) is 2.32. The van der Waals surface area contributed by atoms with Gasteiger partial charge in [0.15, 0.2) is 0 Å². The van der Waals surface area contributed by atoms with E-state index in [-0.39, 0.29) is 29.1 Å². The monoisotopic (exact) mass is 357 g/mol. The number of phenols is 1. The number of likely N-dealkylation sites (tertiary alicyclic amines) is 1. The molecule has 1 aliphatic heterocycles. The van der Waals surface area contributed by atoms with Gasteiger partial charge in [0.1, 0.15) is 17.4 Å². The van der Waals surface area contributed by atoms with E-state index < -0.39 is 0 Å². The third-order valence-corrected chi connectivity index (χ3v) is 4.33. The van der Waals surface area contributed by atoms with Crippen molar-refractivity contribution in [1.82, 2.24) is 4.90 Å². The van der Waals surface area contributed by atoms with Crippen molar-refractivity contribution in [3.63, 3.8) is 0 Å². The molecule has 0 saturated carbocycles. The number of nitrogens with zero attached hydrogens (tertiary/aromatic N) is 2. The topological polar surface area (TPSA) is 103 Å². The van der Waals surface area contributed by atoms with Gasteiger partial charge in [-0.2, -0.15) is 5.26 Å². The molecule has 1 aliphatic rings. The SMILES string of the molecule is CCOC(=O)C1CCN(C(=O)/C(C#N)=C\Nc2ccc(O)cc2C)CC1. The second kappa shape index (κ2) is 8.90. The zero-order valence-corrected chi connectivity index (χ0v) is 15.0. The number of hydrogen-bond acceptors (Lipinski definition) is 6. The molecule has 2 rings (SSSR count). The molecule has 1 aromatic carbocycles. The van der Waals surface area contributed by atoms with E-state index in [2.05, 4.69) is 5.32 Å². The summed E-state index contributed by atoms with van der Waals surface area (Å²) in [6.07, 6.45) is 2.45. The number of aromatic hydroxyl groups is 1. The smallest absolute Gasteiger partial charge is 0.309 e. The molecule has 7 heteroatoms. The molecule has 0 aromatic heterocycles. The summed E-state index contributed by atoms with van der Waals surface area (Å²) < 4.78 is 5.02. The molecule has 2 N–H and O–H groups in total. The largest absolute Gasteiger partial charge is 0.508 e. The molecule has 1 amide bonds. The molecule has 0 aliphatic carbocycles. The number of carbonyl (C=O) groups is 2. The number of carbonyl (C=O) groups excluding carboxylic acids is 2. The third-order valence-electron chi connectivity index (χ3n) is 4.33. The Hall–Kier alpha value is -3.01. The quantitative estimate of drug-likeness (QED) is 0.363. The van der Waals surface area contributed by atoms with Crippen molar-refractivity contribution in [2.75, 3.05) is 25.0 Å². The first-order valence-electron chi connectivity index (χ1n) is 8.58. The zero-order valence-electron chi connectivity index (χ0n) is 15.0. The Morgan fingerprint density at radius 3 is 2.69 bits per heavy atom. The van der Waals surface area contributed by atoms with E-state index in [9.17, 15) is 20.0 Å². The fourth-order valence-electron chi connectivity index (χ4n) is 2.85. The van der Waals surface area contributed by atoms with Crippen LogP contribution in [0.4, 0.5) is 5.69 Å². The summed E-state index contributed by atoms with van der Waals surface area (Å²) in [7, 11) is 0. The lowest BCUT2D eigenvalue weighted by molar-refractivity contribution is -0.150. The highest BCUT2D eigenvalue weighted by Gasteiger charge is 2.29. The minimum Gasteiger partial charge on any atom is -0.508 e. The second-order valence-electron chi connectivity index (χ2n) is 6.13. The van der Waals surface area contributed by atoms with Crippen molar-refractivity contribution < 1.29 is 19.4 Å². The molecule has 1 saturated heterocycles. The van der Waals surface area contributed by atoms with Crippen LogP contribution in [0.25, 0.3) is 0 Å². The van der Waals surface area contributed by atoms with Crippen LogP contribution in [0, 0.1) is 24.2 Å². The van der Waals surface area contributed by atoms with Crippen molar-refractivity contribution in [2.24, 2.45) is 5.92 Å². The Morgan fingerprint density at radius 2 is 2.12 bits per heavy atom. The van der Waals surface area contributed by atoms with E-state index >= 15 is 0 Å². The van der Waals surface area contributed by atoms with E-state index in [1.54, 1.807) is 24.0 Å². The van der Waals surface area contributed by atoms with Crippen LogP contribution < -0.4 is 5.32 Å². The predicted molar refractivity (Wildman–Crippen MR) is 96.1 cm³/mol. The van der Waals surface area contributed by atoms with Crippen LogP contribution in [0.1, 0.15) is 25.3 Å². The molecule has 1 fully saturated rings. The summed E-state index contributed by atoms with van der Waals surface area (Å²) in [6.45, 7) is 4.76. The fourth-order valence-corrected chi connectivity index (χ4v) is 2.85. The van der Waals surface area contributed by atoms with Gasteiger partial charge >= 0.3 is 5.97 Å². The number of amides is 1. The number of piperidine rings is 1. The number of benzene rings is 1. The van der Waals surface area contributed by atoms with Gasteiger partial charge in [0.2, 0.25) is 0 Å².